The van der Waals surface area contributed by atoms with Crippen LogP contribution in [0.1, 0.15) is 22.9 Å². The third-order valence-corrected chi connectivity index (χ3v) is 5.17. The van der Waals surface area contributed by atoms with Gasteiger partial charge < -0.3 is 10.2 Å². The van der Waals surface area contributed by atoms with Gasteiger partial charge in [0.05, 0.1) is 0 Å². The molecule has 0 amide bonds. The van der Waals surface area contributed by atoms with Crippen LogP contribution in [0.5, 0.6) is 0 Å². The molecule has 1 aromatic carbocycles. The molecular formula is C16H19ClN2S. The van der Waals surface area contributed by atoms with E-state index in [0.717, 1.165) is 37.6 Å². The van der Waals surface area contributed by atoms with Gasteiger partial charge in [-0.3, -0.25) is 0 Å². The molecule has 3 rings (SSSR count). The molecule has 0 fully saturated rings. The Morgan fingerprint density at radius 2 is 2.25 bits per heavy atom. The summed E-state index contributed by atoms with van der Waals surface area (Å²) in [6.07, 6.45) is 1.14. The molecule has 0 aliphatic carbocycles. The lowest BCUT2D eigenvalue weighted by Gasteiger charge is -2.31. The number of hydrogen-bond acceptors (Lipinski definition) is 3. The van der Waals surface area contributed by atoms with Crippen molar-refractivity contribution in [3.63, 3.8) is 0 Å². The Kier molecular flexibility index (Phi) is 4.29. The van der Waals surface area contributed by atoms with E-state index in [9.17, 15) is 0 Å². The Bertz CT molecular complexity index is 594. The number of halogens is 1. The number of anilines is 1. The smallest absolute Gasteiger partial charge is 0.0471 e. The van der Waals surface area contributed by atoms with Gasteiger partial charge in [0.15, 0.2) is 0 Å². The Morgan fingerprint density at radius 1 is 1.35 bits per heavy atom. The molecule has 2 heterocycles. The van der Waals surface area contributed by atoms with Gasteiger partial charge in [0.2, 0.25) is 0 Å². The number of rotatable bonds is 4. The molecular weight excluding hydrogens is 288 g/mol. The van der Waals surface area contributed by atoms with Crippen LogP contribution in [0.15, 0.2) is 29.6 Å². The highest BCUT2D eigenvalue weighted by molar-refractivity contribution is 7.10. The van der Waals surface area contributed by atoms with Crippen molar-refractivity contribution in [1.29, 1.82) is 0 Å². The van der Waals surface area contributed by atoms with Gasteiger partial charge in [-0.1, -0.05) is 24.6 Å². The summed E-state index contributed by atoms with van der Waals surface area (Å²) in [4.78, 5) is 3.99. The fraction of sp³-hybridized carbons (Fsp3) is 0.375. The molecule has 0 saturated carbocycles. The van der Waals surface area contributed by atoms with E-state index in [4.69, 9.17) is 11.6 Å². The molecule has 2 nitrogen and oxygen atoms in total. The molecule has 0 unspecified atom stereocenters. The van der Waals surface area contributed by atoms with Crippen LogP contribution in [0.3, 0.4) is 0 Å². The summed E-state index contributed by atoms with van der Waals surface area (Å²) in [6, 6.07) is 8.48. The first-order valence-corrected chi connectivity index (χ1v) is 8.33. The van der Waals surface area contributed by atoms with E-state index in [-0.39, 0.29) is 0 Å². The Hall–Kier alpha value is -1.03. The number of fused-ring (bicyclic) bond motifs is 1. The summed E-state index contributed by atoms with van der Waals surface area (Å²) in [5.74, 6) is 0. The van der Waals surface area contributed by atoms with Crippen molar-refractivity contribution in [2.75, 3.05) is 18.0 Å². The molecule has 1 aromatic heterocycles. The number of nitrogens with zero attached hydrogens (tertiary/aromatic N) is 1. The topological polar surface area (TPSA) is 15.3 Å². The molecule has 106 valence electrons. The first kappa shape index (κ1) is 13.9. The van der Waals surface area contributed by atoms with Gasteiger partial charge in [-0.05, 0) is 42.1 Å². The minimum absolute atomic E-state index is 0.832. The van der Waals surface area contributed by atoms with E-state index in [1.807, 2.05) is 17.4 Å². The molecule has 0 spiro atoms. The van der Waals surface area contributed by atoms with Gasteiger partial charge in [0.1, 0.15) is 0 Å². The van der Waals surface area contributed by atoms with Gasteiger partial charge in [-0.2, -0.15) is 0 Å². The summed E-state index contributed by atoms with van der Waals surface area (Å²) in [5.41, 5.74) is 3.96. The molecule has 1 aliphatic rings. The van der Waals surface area contributed by atoms with Crippen molar-refractivity contribution in [3.05, 3.63) is 50.7 Å². The van der Waals surface area contributed by atoms with Gasteiger partial charge in [-0.25, -0.2) is 0 Å². The van der Waals surface area contributed by atoms with E-state index in [1.54, 1.807) is 0 Å². The van der Waals surface area contributed by atoms with Crippen LogP contribution in [0.25, 0.3) is 0 Å². The maximum absolute atomic E-state index is 6.40. The molecule has 4 heteroatoms. The summed E-state index contributed by atoms with van der Waals surface area (Å²) >= 11 is 8.28. The van der Waals surface area contributed by atoms with Crippen LogP contribution in [-0.4, -0.2) is 13.1 Å². The Morgan fingerprint density at radius 3 is 3.10 bits per heavy atom. The summed E-state index contributed by atoms with van der Waals surface area (Å²) in [7, 11) is 0. The van der Waals surface area contributed by atoms with Crippen LogP contribution >= 0.6 is 22.9 Å². The fourth-order valence-corrected chi connectivity index (χ4v) is 3.85. The Balaban J connectivity index is 1.89. The highest BCUT2D eigenvalue weighted by atomic mass is 35.5. The fourth-order valence-electron chi connectivity index (χ4n) is 2.72. The van der Waals surface area contributed by atoms with Crippen molar-refractivity contribution >= 4 is 28.6 Å². The number of nitrogens with one attached hydrogen (secondary N) is 1. The zero-order valence-corrected chi connectivity index (χ0v) is 13.2. The zero-order chi connectivity index (χ0) is 13.9. The van der Waals surface area contributed by atoms with E-state index < -0.39 is 0 Å². The predicted molar refractivity (Wildman–Crippen MR) is 87.9 cm³/mol. The lowest BCUT2D eigenvalue weighted by molar-refractivity contribution is 0.705. The first-order valence-electron chi connectivity index (χ1n) is 7.08. The standard InChI is InChI=1S/C16H19ClN2S/c1-2-18-10-13-14(17)4-3-5-15(13)19-8-6-16-12(11-19)7-9-20-16/h3-5,7,9,18H,2,6,8,10-11H2,1H3. The number of hydrogen-bond donors (Lipinski definition) is 1. The number of benzene rings is 1. The van der Waals surface area contributed by atoms with Crippen molar-refractivity contribution < 1.29 is 0 Å². The van der Waals surface area contributed by atoms with Gasteiger partial charge in [-0.15, -0.1) is 11.3 Å². The lowest BCUT2D eigenvalue weighted by atomic mass is 10.1. The maximum Gasteiger partial charge on any atom is 0.0471 e. The van der Waals surface area contributed by atoms with Crippen molar-refractivity contribution in [1.82, 2.24) is 5.32 Å². The van der Waals surface area contributed by atoms with E-state index in [1.165, 1.54) is 21.7 Å². The lowest BCUT2D eigenvalue weighted by Crippen LogP contribution is -2.30. The summed E-state index contributed by atoms with van der Waals surface area (Å²) < 4.78 is 0. The molecule has 20 heavy (non-hydrogen) atoms. The average Bonchev–Trinajstić information content (AvgIpc) is 2.93. The summed E-state index contributed by atoms with van der Waals surface area (Å²) in [5, 5.41) is 6.45. The monoisotopic (exact) mass is 306 g/mol. The average molecular weight is 307 g/mol. The summed E-state index contributed by atoms with van der Waals surface area (Å²) in [6.45, 7) is 5.98. The van der Waals surface area contributed by atoms with Gasteiger partial charge in [0.25, 0.3) is 0 Å². The van der Waals surface area contributed by atoms with Gasteiger partial charge in [0, 0.05) is 40.8 Å². The second-order valence-corrected chi connectivity index (χ2v) is 6.47. The second-order valence-electron chi connectivity index (χ2n) is 5.06. The highest BCUT2D eigenvalue weighted by Gasteiger charge is 2.20. The minimum atomic E-state index is 0.832. The molecule has 0 radical (unpaired) electrons. The second kappa shape index (κ2) is 6.17. The normalized spacial score (nSPS) is 14.4. The third kappa shape index (κ3) is 2.71. The quantitative estimate of drug-likeness (QED) is 0.916. The van der Waals surface area contributed by atoms with Crippen molar-refractivity contribution in [3.8, 4) is 0 Å². The van der Waals surface area contributed by atoms with Crippen molar-refractivity contribution in [2.45, 2.75) is 26.4 Å². The largest absolute Gasteiger partial charge is 0.366 e. The maximum atomic E-state index is 6.40. The molecule has 0 atom stereocenters. The third-order valence-electron chi connectivity index (χ3n) is 3.79. The molecule has 2 aromatic rings. The van der Waals surface area contributed by atoms with Crippen LogP contribution in [0.4, 0.5) is 5.69 Å². The van der Waals surface area contributed by atoms with Gasteiger partial charge >= 0.3 is 0 Å². The highest BCUT2D eigenvalue weighted by Crippen LogP contribution is 2.32. The molecule has 1 aliphatic heterocycles. The predicted octanol–water partition coefficient (Wildman–Crippen LogP) is 4.07. The first-order chi connectivity index (χ1) is 9.79. The van der Waals surface area contributed by atoms with Crippen LogP contribution in [0.2, 0.25) is 5.02 Å². The number of thiophene rings is 1. The van der Waals surface area contributed by atoms with Crippen LogP contribution in [0, 0.1) is 0 Å². The Labute approximate surface area is 129 Å². The van der Waals surface area contributed by atoms with E-state index in [0.29, 0.717) is 0 Å². The van der Waals surface area contributed by atoms with Crippen LogP contribution in [-0.2, 0) is 19.5 Å². The molecule has 0 saturated heterocycles. The van der Waals surface area contributed by atoms with E-state index in [2.05, 4.69) is 40.7 Å². The SMILES string of the molecule is CCNCc1c(Cl)cccc1N1CCc2sccc2C1. The van der Waals surface area contributed by atoms with Crippen LogP contribution < -0.4 is 10.2 Å². The minimum Gasteiger partial charge on any atom is -0.366 e. The zero-order valence-electron chi connectivity index (χ0n) is 11.7. The van der Waals surface area contributed by atoms with E-state index >= 15 is 0 Å². The van der Waals surface area contributed by atoms with Crippen molar-refractivity contribution in [2.24, 2.45) is 0 Å². The molecule has 1 N–H and O–H groups in total. The molecule has 0 bridgehead atoms.